The van der Waals surface area contributed by atoms with Crippen molar-refractivity contribution in [1.29, 1.82) is 0 Å². The molecule has 1 aromatic rings. The quantitative estimate of drug-likeness (QED) is 0.734. The molecule has 58 valence electrons. The molecule has 0 radical (unpaired) electrons. The Morgan fingerprint density at radius 3 is 2.82 bits per heavy atom. The monoisotopic (exact) mass is 232 g/mol. The topological polar surface area (TPSA) is 25.8 Å². The van der Waals surface area contributed by atoms with Crippen molar-refractivity contribution in [3.05, 3.63) is 28.8 Å². The summed E-state index contributed by atoms with van der Waals surface area (Å²) in [5, 5.41) is 0. The van der Waals surface area contributed by atoms with Gasteiger partial charge in [-0.25, -0.2) is 4.98 Å². The summed E-state index contributed by atoms with van der Waals surface area (Å²) in [5.74, 6) is 0.498. The number of halogens is 2. The summed E-state index contributed by atoms with van der Waals surface area (Å²) in [4.78, 5) is 8.05. The summed E-state index contributed by atoms with van der Waals surface area (Å²) in [6.07, 6.45) is 6.97. The molecule has 1 rings (SSSR count). The van der Waals surface area contributed by atoms with Crippen molar-refractivity contribution < 1.29 is 0 Å². The highest BCUT2D eigenvalue weighted by molar-refractivity contribution is 9.10. The van der Waals surface area contributed by atoms with Crippen LogP contribution in [-0.2, 0) is 0 Å². The Morgan fingerprint density at radius 1 is 1.45 bits per heavy atom. The summed E-state index contributed by atoms with van der Waals surface area (Å²) in [7, 11) is 0. The zero-order valence-corrected chi connectivity index (χ0v) is 8.01. The second-order valence-electron chi connectivity index (χ2n) is 1.82. The molecule has 0 atom stereocenters. The molecule has 0 aliphatic rings. The standard InChI is InChI=1S/C7H6BrClN2/c8-7-5-10-6(4-11-7)2-1-3-9/h1-2,4-5H,3H2. The zero-order valence-electron chi connectivity index (χ0n) is 5.67. The smallest absolute Gasteiger partial charge is 0.124 e. The largest absolute Gasteiger partial charge is 0.252 e. The summed E-state index contributed by atoms with van der Waals surface area (Å²) in [5.41, 5.74) is 0.814. The Morgan fingerprint density at radius 2 is 2.27 bits per heavy atom. The Labute approximate surface area is 78.4 Å². The Hall–Kier alpha value is -0.410. The van der Waals surface area contributed by atoms with Crippen molar-refractivity contribution >= 4 is 33.6 Å². The predicted molar refractivity (Wildman–Crippen MR) is 49.5 cm³/mol. The molecule has 0 aromatic carbocycles. The lowest BCUT2D eigenvalue weighted by Crippen LogP contribution is -1.82. The van der Waals surface area contributed by atoms with Gasteiger partial charge in [0.25, 0.3) is 0 Å². The molecule has 1 heterocycles. The van der Waals surface area contributed by atoms with Gasteiger partial charge in [0.1, 0.15) is 4.60 Å². The Kier molecular flexibility index (Phi) is 3.52. The van der Waals surface area contributed by atoms with E-state index >= 15 is 0 Å². The third kappa shape index (κ3) is 2.99. The van der Waals surface area contributed by atoms with Crippen LogP contribution < -0.4 is 0 Å². The van der Waals surface area contributed by atoms with Crippen LogP contribution in [0.3, 0.4) is 0 Å². The normalized spacial score (nSPS) is 10.7. The van der Waals surface area contributed by atoms with Crippen LogP contribution in [0, 0.1) is 0 Å². The number of hydrogen-bond acceptors (Lipinski definition) is 2. The van der Waals surface area contributed by atoms with E-state index in [0.717, 1.165) is 10.3 Å². The summed E-state index contributed by atoms with van der Waals surface area (Å²) in [6, 6.07) is 0. The number of nitrogens with zero attached hydrogens (tertiary/aromatic N) is 2. The van der Waals surface area contributed by atoms with E-state index in [1.54, 1.807) is 12.4 Å². The first kappa shape index (κ1) is 8.68. The van der Waals surface area contributed by atoms with Crippen LogP contribution in [0.15, 0.2) is 23.1 Å². The lowest BCUT2D eigenvalue weighted by molar-refractivity contribution is 1.15. The Bertz CT molecular complexity index is 245. The van der Waals surface area contributed by atoms with Gasteiger partial charge in [-0.05, 0) is 22.0 Å². The van der Waals surface area contributed by atoms with Gasteiger partial charge in [-0.15, -0.1) is 11.6 Å². The maximum atomic E-state index is 5.44. The molecule has 2 nitrogen and oxygen atoms in total. The summed E-state index contributed by atoms with van der Waals surface area (Å²) in [6.45, 7) is 0. The average molecular weight is 233 g/mol. The zero-order chi connectivity index (χ0) is 8.10. The minimum Gasteiger partial charge on any atom is -0.252 e. The number of rotatable bonds is 2. The number of allylic oxidation sites excluding steroid dienone is 1. The van der Waals surface area contributed by atoms with Crippen LogP contribution in [0.5, 0.6) is 0 Å². The fourth-order valence-corrected chi connectivity index (χ4v) is 0.867. The average Bonchev–Trinajstić information content (AvgIpc) is 2.04. The molecular weight excluding hydrogens is 227 g/mol. The maximum absolute atomic E-state index is 5.44. The van der Waals surface area contributed by atoms with E-state index in [-0.39, 0.29) is 0 Å². The highest BCUT2D eigenvalue weighted by Gasteiger charge is 1.88. The van der Waals surface area contributed by atoms with Gasteiger partial charge in [-0.2, -0.15) is 0 Å². The van der Waals surface area contributed by atoms with Gasteiger partial charge in [0.15, 0.2) is 0 Å². The Balaban J connectivity index is 2.73. The van der Waals surface area contributed by atoms with Gasteiger partial charge in [0, 0.05) is 5.88 Å². The molecule has 0 saturated carbocycles. The van der Waals surface area contributed by atoms with E-state index in [4.69, 9.17) is 11.6 Å². The number of alkyl halides is 1. The molecule has 11 heavy (non-hydrogen) atoms. The van der Waals surface area contributed by atoms with E-state index in [9.17, 15) is 0 Å². The number of aromatic nitrogens is 2. The van der Waals surface area contributed by atoms with Crippen molar-refractivity contribution in [2.45, 2.75) is 0 Å². The molecule has 4 heteroatoms. The molecule has 0 aliphatic heterocycles. The molecule has 0 fully saturated rings. The molecule has 0 saturated heterocycles. The highest BCUT2D eigenvalue weighted by atomic mass is 79.9. The van der Waals surface area contributed by atoms with Crippen molar-refractivity contribution in [3.8, 4) is 0 Å². The van der Waals surface area contributed by atoms with Gasteiger partial charge >= 0.3 is 0 Å². The third-order valence-electron chi connectivity index (χ3n) is 1.02. The fourth-order valence-electron chi connectivity index (χ4n) is 0.574. The van der Waals surface area contributed by atoms with Crippen LogP contribution in [-0.4, -0.2) is 15.8 Å². The first-order valence-electron chi connectivity index (χ1n) is 3.03. The predicted octanol–water partition coefficient (Wildman–Crippen LogP) is 2.49. The summed E-state index contributed by atoms with van der Waals surface area (Å²) >= 11 is 8.63. The van der Waals surface area contributed by atoms with Gasteiger partial charge in [0.05, 0.1) is 18.1 Å². The van der Waals surface area contributed by atoms with Gasteiger partial charge in [-0.3, -0.25) is 4.98 Å². The van der Waals surface area contributed by atoms with Crippen LogP contribution in [0.4, 0.5) is 0 Å². The minimum atomic E-state index is 0.498. The van der Waals surface area contributed by atoms with Gasteiger partial charge < -0.3 is 0 Å². The van der Waals surface area contributed by atoms with Gasteiger partial charge in [0.2, 0.25) is 0 Å². The van der Waals surface area contributed by atoms with Crippen molar-refractivity contribution in [3.63, 3.8) is 0 Å². The fraction of sp³-hybridized carbons (Fsp3) is 0.143. The maximum Gasteiger partial charge on any atom is 0.124 e. The first-order chi connectivity index (χ1) is 5.33. The molecule has 1 aromatic heterocycles. The molecule has 0 unspecified atom stereocenters. The lowest BCUT2D eigenvalue weighted by atomic mass is 10.4. The molecule has 0 bridgehead atoms. The molecule has 0 spiro atoms. The van der Waals surface area contributed by atoms with Crippen molar-refractivity contribution in [1.82, 2.24) is 9.97 Å². The van der Waals surface area contributed by atoms with E-state index in [1.165, 1.54) is 0 Å². The molecule has 0 N–H and O–H groups in total. The molecule has 0 aliphatic carbocycles. The molecule has 0 amide bonds. The second kappa shape index (κ2) is 4.46. The first-order valence-corrected chi connectivity index (χ1v) is 4.35. The van der Waals surface area contributed by atoms with Crippen molar-refractivity contribution in [2.24, 2.45) is 0 Å². The van der Waals surface area contributed by atoms with E-state index < -0.39 is 0 Å². The third-order valence-corrected chi connectivity index (χ3v) is 1.61. The van der Waals surface area contributed by atoms with Crippen LogP contribution in [0.1, 0.15) is 5.69 Å². The molecular formula is C7H6BrClN2. The van der Waals surface area contributed by atoms with Crippen molar-refractivity contribution in [2.75, 3.05) is 5.88 Å². The van der Waals surface area contributed by atoms with Crippen LogP contribution in [0.25, 0.3) is 6.08 Å². The SMILES string of the molecule is ClCC=Cc1cnc(Br)cn1. The van der Waals surface area contributed by atoms with Crippen LogP contribution in [0.2, 0.25) is 0 Å². The lowest BCUT2D eigenvalue weighted by Gasteiger charge is -1.90. The number of hydrogen-bond donors (Lipinski definition) is 0. The van der Waals surface area contributed by atoms with E-state index in [1.807, 2.05) is 12.2 Å². The van der Waals surface area contributed by atoms with E-state index in [2.05, 4.69) is 25.9 Å². The highest BCUT2D eigenvalue weighted by Crippen LogP contribution is 2.03. The second-order valence-corrected chi connectivity index (χ2v) is 2.94. The summed E-state index contributed by atoms with van der Waals surface area (Å²) < 4.78 is 0.737. The minimum absolute atomic E-state index is 0.498. The van der Waals surface area contributed by atoms with Gasteiger partial charge in [-0.1, -0.05) is 6.08 Å². The van der Waals surface area contributed by atoms with Crippen LogP contribution >= 0.6 is 27.5 Å². The van der Waals surface area contributed by atoms with E-state index in [0.29, 0.717) is 5.88 Å².